The first-order valence-electron chi connectivity index (χ1n) is 6.18. The highest BCUT2D eigenvalue weighted by atomic mass is 16.2. The van der Waals surface area contributed by atoms with E-state index in [1.165, 1.54) is 6.42 Å². The second-order valence-electron chi connectivity index (χ2n) is 4.70. The SMILES string of the molecule is CC1CCCC(C)N1C(=O)Nc1ccncc1. The lowest BCUT2D eigenvalue weighted by atomic mass is 9.98. The van der Waals surface area contributed by atoms with Crippen molar-refractivity contribution in [1.82, 2.24) is 9.88 Å². The third-order valence-electron chi connectivity index (χ3n) is 3.36. The van der Waals surface area contributed by atoms with E-state index in [1.54, 1.807) is 24.5 Å². The van der Waals surface area contributed by atoms with Gasteiger partial charge in [-0.1, -0.05) is 0 Å². The fraction of sp³-hybridized carbons (Fsp3) is 0.538. The molecule has 1 N–H and O–H groups in total. The molecule has 1 aromatic heterocycles. The predicted molar refractivity (Wildman–Crippen MR) is 67.9 cm³/mol. The Morgan fingerprint density at radius 3 is 2.47 bits per heavy atom. The number of carbonyl (C=O) groups excluding carboxylic acids is 1. The van der Waals surface area contributed by atoms with Gasteiger partial charge in [0.2, 0.25) is 0 Å². The van der Waals surface area contributed by atoms with Crippen molar-refractivity contribution in [2.24, 2.45) is 0 Å². The van der Waals surface area contributed by atoms with Gasteiger partial charge < -0.3 is 10.2 Å². The Hall–Kier alpha value is -1.58. The molecule has 2 atom stereocenters. The van der Waals surface area contributed by atoms with Crippen LogP contribution in [0, 0.1) is 0 Å². The average molecular weight is 233 g/mol. The van der Waals surface area contributed by atoms with Crippen LogP contribution in [0.3, 0.4) is 0 Å². The van der Waals surface area contributed by atoms with Crippen LogP contribution in [0.4, 0.5) is 10.5 Å². The van der Waals surface area contributed by atoms with Gasteiger partial charge in [-0.05, 0) is 45.2 Å². The van der Waals surface area contributed by atoms with Crippen LogP contribution in [0.1, 0.15) is 33.1 Å². The number of rotatable bonds is 1. The van der Waals surface area contributed by atoms with Gasteiger partial charge in [0, 0.05) is 30.2 Å². The van der Waals surface area contributed by atoms with Gasteiger partial charge in [0.1, 0.15) is 0 Å². The van der Waals surface area contributed by atoms with E-state index in [1.807, 2.05) is 4.90 Å². The van der Waals surface area contributed by atoms with Crippen molar-refractivity contribution in [3.05, 3.63) is 24.5 Å². The molecule has 0 spiro atoms. The minimum absolute atomic E-state index is 0.00380. The first kappa shape index (κ1) is 11.9. The van der Waals surface area contributed by atoms with Crippen molar-refractivity contribution in [2.75, 3.05) is 5.32 Å². The van der Waals surface area contributed by atoms with Crippen LogP contribution in [0.15, 0.2) is 24.5 Å². The van der Waals surface area contributed by atoms with Crippen LogP contribution in [-0.4, -0.2) is 28.0 Å². The number of carbonyl (C=O) groups is 1. The van der Waals surface area contributed by atoms with Crippen molar-refractivity contribution in [3.8, 4) is 0 Å². The smallest absolute Gasteiger partial charge is 0.319 e. The van der Waals surface area contributed by atoms with E-state index in [-0.39, 0.29) is 6.03 Å². The predicted octanol–water partition coefficient (Wildman–Crippen LogP) is 2.88. The average Bonchev–Trinajstić information content (AvgIpc) is 2.30. The molecule has 0 radical (unpaired) electrons. The first-order chi connectivity index (χ1) is 8.18. The Labute approximate surface area is 102 Å². The quantitative estimate of drug-likeness (QED) is 0.810. The fourth-order valence-electron chi connectivity index (χ4n) is 2.44. The van der Waals surface area contributed by atoms with E-state index < -0.39 is 0 Å². The van der Waals surface area contributed by atoms with Gasteiger partial charge in [-0.2, -0.15) is 0 Å². The van der Waals surface area contributed by atoms with Gasteiger partial charge >= 0.3 is 6.03 Å². The molecule has 0 aromatic carbocycles. The molecule has 92 valence electrons. The number of nitrogens with one attached hydrogen (secondary N) is 1. The van der Waals surface area contributed by atoms with E-state index in [0.717, 1.165) is 18.5 Å². The van der Waals surface area contributed by atoms with Gasteiger partial charge in [-0.25, -0.2) is 4.79 Å². The normalized spacial score (nSPS) is 24.5. The summed E-state index contributed by atoms with van der Waals surface area (Å²) >= 11 is 0. The van der Waals surface area contributed by atoms with E-state index in [2.05, 4.69) is 24.1 Å². The number of nitrogens with zero attached hydrogens (tertiary/aromatic N) is 2. The minimum atomic E-state index is -0.00380. The van der Waals surface area contributed by atoms with Crippen LogP contribution in [0.25, 0.3) is 0 Å². The number of piperidine rings is 1. The summed E-state index contributed by atoms with van der Waals surface area (Å²) in [5.41, 5.74) is 0.801. The first-order valence-corrected chi connectivity index (χ1v) is 6.18. The lowest BCUT2D eigenvalue weighted by Gasteiger charge is -2.38. The van der Waals surface area contributed by atoms with E-state index in [9.17, 15) is 4.79 Å². The van der Waals surface area contributed by atoms with Gasteiger partial charge in [0.05, 0.1) is 0 Å². The molecular formula is C13H19N3O. The van der Waals surface area contributed by atoms with Gasteiger partial charge in [-0.15, -0.1) is 0 Å². The summed E-state index contributed by atoms with van der Waals surface area (Å²) in [5.74, 6) is 0. The van der Waals surface area contributed by atoms with E-state index >= 15 is 0 Å². The molecule has 4 nitrogen and oxygen atoms in total. The molecule has 0 aliphatic carbocycles. The fourth-order valence-corrected chi connectivity index (χ4v) is 2.44. The molecule has 1 aliphatic rings. The second kappa shape index (κ2) is 5.17. The lowest BCUT2D eigenvalue weighted by molar-refractivity contribution is 0.133. The second-order valence-corrected chi connectivity index (χ2v) is 4.70. The van der Waals surface area contributed by atoms with Crippen molar-refractivity contribution in [3.63, 3.8) is 0 Å². The monoisotopic (exact) mass is 233 g/mol. The Morgan fingerprint density at radius 2 is 1.88 bits per heavy atom. The molecule has 2 unspecified atom stereocenters. The van der Waals surface area contributed by atoms with Crippen molar-refractivity contribution < 1.29 is 4.79 Å². The molecule has 1 saturated heterocycles. The number of hydrogen-bond donors (Lipinski definition) is 1. The Morgan fingerprint density at radius 1 is 1.29 bits per heavy atom. The Bertz CT molecular complexity index is 370. The number of hydrogen-bond acceptors (Lipinski definition) is 2. The molecule has 2 rings (SSSR count). The van der Waals surface area contributed by atoms with E-state index in [0.29, 0.717) is 12.1 Å². The van der Waals surface area contributed by atoms with Crippen LogP contribution in [0.5, 0.6) is 0 Å². The Balaban J connectivity index is 2.04. The molecule has 2 heterocycles. The molecule has 0 saturated carbocycles. The molecule has 4 heteroatoms. The third-order valence-corrected chi connectivity index (χ3v) is 3.36. The van der Waals surface area contributed by atoms with Crippen molar-refractivity contribution in [1.29, 1.82) is 0 Å². The van der Waals surface area contributed by atoms with Crippen molar-refractivity contribution >= 4 is 11.7 Å². The zero-order chi connectivity index (χ0) is 12.3. The number of pyridine rings is 1. The summed E-state index contributed by atoms with van der Waals surface area (Å²) in [7, 11) is 0. The lowest BCUT2D eigenvalue weighted by Crippen LogP contribution is -2.49. The van der Waals surface area contributed by atoms with Gasteiger partial charge in [0.25, 0.3) is 0 Å². The minimum Gasteiger partial charge on any atom is -0.319 e. The summed E-state index contributed by atoms with van der Waals surface area (Å²) < 4.78 is 0. The number of aromatic nitrogens is 1. The van der Waals surface area contributed by atoms with Gasteiger partial charge in [0.15, 0.2) is 0 Å². The zero-order valence-corrected chi connectivity index (χ0v) is 10.4. The summed E-state index contributed by atoms with van der Waals surface area (Å²) in [6, 6.07) is 4.24. The number of amides is 2. The summed E-state index contributed by atoms with van der Waals surface area (Å²) in [5, 5.41) is 2.92. The molecule has 2 amide bonds. The third kappa shape index (κ3) is 2.75. The maximum absolute atomic E-state index is 12.2. The molecule has 1 aromatic rings. The van der Waals surface area contributed by atoms with Crippen LogP contribution < -0.4 is 5.32 Å². The molecule has 1 aliphatic heterocycles. The summed E-state index contributed by atoms with van der Waals surface area (Å²) in [4.78, 5) is 18.1. The molecule has 1 fully saturated rings. The largest absolute Gasteiger partial charge is 0.322 e. The topological polar surface area (TPSA) is 45.2 Å². The summed E-state index contributed by atoms with van der Waals surface area (Å²) in [6.45, 7) is 4.23. The highest BCUT2D eigenvalue weighted by molar-refractivity contribution is 5.89. The highest BCUT2D eigenvalue weighted by Gasteiger charge is 2.28. The maximum atomic E-state index is 12.2. The maximum Gasteiger partial charge on any atom is 0.322 e. The number of urea groups is 1. The van der Waals surface area contributed by atoms with Crippen LogP contribution in [-0.2, 0) is 0 Å². The summed E-state index contributed by atoms with van der Waals surface area (Å²) in [6.07, 6.45) is 6.75. The van der Waals surface area contributed by atoms with E-state index in [4.69, 9.17) is 0 Å². The number of likely N-dealkylation sites (tertiary alicyclic amines) is 1. The molecule has 17 heavy (non-hydrogen) atoms. The standard InChI is InChI=1S/C13H19N3O/c1-10-4-3-5-11(2)16(10)13(17)15-12-6-8-14-9-7-12/h6-11H,3-5H2,1-2H3,(H,14,15,17). The number of anilines is 1. The van der Waals surface area contributed by atoms with Gasteiger partial charge in [-0.3, -0.25) is 4.98 Å². The molecule has 0 bridgehead atoms. The highest BCUT2D eigenvalue weighted by Crippen LogP contribution is 2.23. The molecular weight excluding hydrogens is 214 g/mol. The zero-order valence-electron chi connectivity index (χ0n) is 10.4. The van der Waals surface area contributed by atoms with Crippen LogP contribution >= 0.6 is 0 Å². The Kier molecular flexibility index (Phi) is 3.61. The van der Waals surface area contributed by atoms with Crippen LogP contribution in [0.2, 0.25) is 0 Å². The van der Waals surface area contributed by atoms with Crippen molar-refractivity contribution in [2.45, 2.75) is 45.2 Å².